The molecule has 0 spiro atoms. The van der Waals surface area contributed by atoms with Gasteiger partial charge in [0.05, 0.1) is 0 Å². The van der Waals surface area contributed by atoms with Crippen molar-refractivity contribution in [3.8, 4) is 11.4 Å². The van der Waals surface area contributed by atoms with Gasteiger partial charge < -0.3 is 10.3 Å². The van der Waals surface area contributed by atoms with Crippen LogP contribution in [0, 0.1) is 5.82 Å². The highest BCUT2D eigenvalue weighted by Crippen LogP contribution is 2.38. The van der Waals surface area contributed by atoms with Crippen molar-refractivity contribution in [1.29, 1.82) is 0 Å². The third-order valence-corrected chi connectivity index (χ3v) is 4.67. The number of aromatic nitrogens is 4. The molecule has 134 valence electrons. The quantitative estimate of drug-likeness (QED) is 0.509. The maximum absolute atomic E-state index is 13.3. The van der Waals surface area contributed by atoms with Gasteiger partial charge in [-0.05, 0) is 49.2 Å². The fourth-order valence-electron chi connectivity index (χ4n) is 3.10. The first-order valence-corrected chi connectivity index (χ1v) is 8.78. The van der Waals surface area contributed by atoms with Crippen LogP contribution < -0.4 is 5.32 Å². The Balaban J connectivity index is 1.38. The molecule has 2 aromatic heterocycles. The highest BCUT2D eigenvalue weighted by molar-refractivity contribution is 6.06. The minimum absolute atomic E-state index is 0.294. The van der Waals surface area contributed by atoms with Crippen LogP contribution in [0.2, 0.25) is 0 Å². The number of benzene rings is 2. The maximum atomic E-state index is 13.3. The summed E-state index contributed by atoms with van der Waals surface area (Å²) in [6.45, 7) is 0. The van der Waals surface area contributed by atoms with E-state index in [1.165, 1.54) is 12.1 Å². The van der Waals surface area contributed by atoms with E-state index in [4.69, 9.17) is 0 Å². The molecule has 1 aliphatic rings. The zero-order valence-electron chi connectivity index (χ0n) is 14.3. The second-order valence-electron chi connectivity index (χ2n) is 6.77. The largest absolute Gasteiger partial charge is 0.351 e. The van der Waals surface area contributed by atoms with Crippen molar-refractivity contribution in [2.24, 2.45) is 0 Å². The molecule has 1 aliphatic carbocycles. The van der Waals surface area contributed by atoms with Crippen LogP contribution in [0.25, 0.3) is 22.3 Å². The lowest BCUT2D eigenvalue weighted by atomic mass is 10.2. The van der Waals surface area contributed by atoms with Gasteiger partial charge in [0.25, 0.3) is 5.91 Å². The van der Waals surface area contributed by atoms with E-state index < -0.39 is 0 Å². The number of nitrogens with zero attached hydrogens (tertiary/aromatic N) is 2. The van der Waals surface area contributed by atoms with E-state index in [-0.39, 0.29) is 11.7 Å². The highest BCUT2D eigenvalue weighted by Gasteiger charge is 2.27. The molecule has 1 saturated carbocycles. The molecular formula is C20H16FN5O. The van der Waals surface area contributed by atoms with Crippen molar-refractivity contribution in [1.82, 2.24) is 20.2 Å². The van der Waals surface area contributed by atoms with E-state index in [2.05, 4.69) is 25.5 Å². The summed E-state index contributed by atoms with van der Waals surface area (Å²) in [5.41, 5.74) is 2.55. The molecule has 0 aliphatic heterocycles. The van der Waals surface area contributed by atoms with Gasteiger partial charge in [0, 0.05) is 28.1 Å². The van der Waals surface area contributed by atoms with Gasteiger partial charge in [-0.1, -0.05) is 12.1 Å². The lowest BCUT2D eigenvalue weighted by Crippen LogP contribution is -2.12. The molecule has 0 unspecified atom stereocenters. The first kappa shape index (κ1) is 15.7. The van der Waals surface area contributed by atoms with Crippen LogP contribution >= 0.6 is 0 Å². The Morgan fingerprint density at radius 2 is 2.04 bits per heavy atom. The van der Waals surface area contributed by atoms with Crippen LogP contribution in [0.5, 0.6) is 0 Å². The van der Waals surface area contributed by atoms with Crippen molar-refractivity contribution in [3.05, 3.63) is 65.9 Å². The van der Waals surface area contributed by atoms with Crippen molar-refractivity contribution in [3.63, 3.8) is 0 Å². The zero-order chi connectivity index (χ0) is 18.4. The van der Waals surface area contributed by atoms with E-state index in [1.807, 2.05) is 18.2 Å². The smallest absolute Gasteiger partial charge is 0.272 e. The molecule has 3 N–H and O–H groups in total. The fourth-order valence-corrected chi connectivity index (χ4v) is 3.10. The normalized spacial score (nSPS) is 13.8. The van der Waals surface area contributed by atoms with E-state index in [1.54, 1.807) is 18.2 Å². The molecule has 7 heteroatoms. The molecule has 0 bridgehead atoms. The molecule has 0 radical (unpaired) electrons. The molecule has 1 amide bonds. The Kier molecular flexibility index (Phi) is 3.53. The van der Waals surface area contributed by atoms with Gasteiger partial charge in [-0.25, -0.2) is 9.37 Å². The van der Waals surface area contributed by atoms with Gasteiger partial charge in [0.1, 0.15) is 17.3 Å². The summed E-state index contributed by atoms with van der Waals surface area (Å²) in [6, 6.07) is 13.4. The SMILES string of the molecule is O=C(Nc1cccc(-c2n[nH]c(C3CC3)n2)c1)c1cc2cc(F)ccc2[nH]1. The molecule has 5 rings (SSSR count). The van der Waals surface area contributed by atoms with Gasteiger partial charge in [-0.2, -0.15) is 5.10 Å². The summed E-state index contributed by atoms with van der Waals surface area (Å²) in [4.78, 5) is 20.1. The first-order chi connectivity index (χ1) is 13.2. The van der Waals surface area contributed by atoms with Crippen molar-refractivity contribution >= 4 is 22.5 Å². The van der Waals surface area contributed by atoms with Crippen LogP contribution in [0.3, 0.4) is 0 Å². The third-order valence-electron chi connectivity index (χ3n) is 4.67. The van der Waals surface area contributed by atoms with E-state index in [0.717, 1.165) is 24.2 Å². The fraction of sp³-hybridized carbons (Fsp3) is 0.150. The maximum Gasteiger partial charge on any atom is 0.272 e. The summed E-state index contributed by atoms with van der Waals surface area (Å²) in [5.74, 6) is 1.41. The number of carbonyl (C=O) groups excluding carboxylic acids is 1. The Morgan fingerprint density at radius 1 is 1.15 bits per heavy atom. The number of fused-ring (bicyclic) bond motifs is 1. The zero-order valence-corrected chi connectivity index (χ0v) is 14.3. The van der Waals surface area contributed by atoms with Gasteiger partial charge >= 0.3 is 0 Å². The van der Waals surface area contributed by atoms with E-state index >= 15 is 0 Å². The number of aromatic amines is 2. The number of H-pyrrole nitrogens is 2. The number of amides is 1. The van der Waals surface area contributed by atoms with Gasteiger partial charge in [-0.3, -0.25) is 9.89 Å². The predicted octanol–water partition coefficient (Wildman–Crippen LogP) is 4.22. The molecule has 1 fully saturated rings. The summed E-state index contributed by atoms with van der Waals surface area (Å²) in [6.07, 6.45) is 2.30. The van der Waals surface area contributed by atoms with Gasteiger partial charge in [-0.15, -0.1) is 0 Å². The molecule has 27 heavy (non-hydrogen) atoms. The summed E-state index contributed by atoms with van der Waals surface area (Å²) in [5, 5.41) is 10.8. The van der Waals surface area contributed by atoms with Crippen molar-refractivity contribution < 1.29 is 9.18 Å². The number of rotatable bonds is 4. The lowest BCUT2D eigenvalue weighted by Gasteiger charge is -2.05. The Labute approximate surface area is 153 Å². The minimum atomic E-state index is -0.335. The highest BCUT2D eigenvalue weighted by atomic mass is 19.1. The predicted molar refractivity (Wildman–Crippen MR) is 100 cm³/mol. The summed E-state index contributed by atoms with van der Waals surface area (Å²) < 4.78 is 13.3. The number of carbonyl (C=O) groups is 1. The number of hydrogen-bond acceptors (Lipinski definition) is 3. The monoisotopic (exact) mass is 361 g/mol. The van der Waals surface area contributed by atoms with Gasteiger partial charge in [0.15, 0.2) is 5.82 Å². The average molecular weight is 361 g/mol. The Bertz CT molecular complexity index is 1160. The minimum Gasteiger partial charge on any atom is -0.351 e. The van der Waals surface area contributed by atoms with Gasteiger partial charge in [0.2, 0.25) is 0 Å². The van der Waals surface area contributed by atoms with E-state index in [9.17, 15) is 9.18 Å². The number of hydrogen-bond donors (Lipinski definition) is 3. The summed E-state index contributed by atoms with van der Waals surface area (Å²) in [7, 11) is 0. The molecule has 0 saturated heterocycles. The summed E-state index contributed by atoms with van der Waals surface area (Å²) >= 11 is 0. The van der Waals surface area contributed by atoms with Crippen molar-refractivity contribution in [2.45, 2.75) is 18.8 Å². The molecule has 2 aromatic carbocycles. The Morgan fingerprint density at radius 3 is 2.89 bits per heavy atom. The molecule has 6 nitrogen and oxygen atoms in total. The topological polar surface area (TPSA) is 86.5 Å². The Hall–Kier alpha value is -3.48. The second kappa shape index (κ2) is 6.05. The second-order valence-corrected chi connectivity index (χ2v) is 6.77. The molecular weight excluding hydrogens is 345 g/mol. The standard InChI is InChI=1S/C20H16FN5O/c21-14-6-7-16-13(8-14)10-17(23-16)20(27)22-15-3-1-2-12(9-15)19-24-18(25-26-19)11-4-5-11/h1-3,6-11,23H,4-5H2,(H,22,27)(H,24,25,26). The lowest BCUT2D eigenvalue weighted by molar-refractivity contribution is 0.102. The van der Waals surface area contributed by atoms with E-state index in [0.29, 0.717) is 34.0 Å². The van der Waals surface area contributed by atoms with Crippen LogP contribution in [-0.2, 0) is 0 Å². The molecule has 0 atom stereocenters. The van der Waals surface area contributed by atoms with Crippen LogP contribution in [0.1, 0.15) is 35.1 Å². The average Bonchev–Trinajstić information content (AvgIpc) is 3.24. The van der Waals surface area contributed by atoms with Crippen molar-refractivity contribution in [2.75, 3.05) is 5.32 Å². The molecule has 4 aromatic rings. The van der Waals surface area contributed by atoms with Crippen LogP contribution in [0.4, 0.5) is 10.1 Å². The first-order valence-electron chi connectivity index (χ1n) is 8.78. The van der Waals surface area contributed by atoms with Crippen LogP contribution in [-0.4, -0.2) is 26.1 Å². The molecule has 2 heterocycles. The number of anilines is 1. The van der Waals surface area contributed by atoms with Crippen LogP contribution in [0.15, 0.2) is 48.5 Å². The number of halogens is 1. The third kappa shape index (κ3) is 3.08. The number of nitrogens with one attached hydrogen (secondary N) is 3.